The first-order chi connectivity index (χ1) is 11.8. The number of hydrogen-bond donors (Lipinski definition) is 2. The first kappa shape index (κ1) is 14.5. The zero-order chi connectivity index (χ0) is 16.4. The molecule has 1 heterocycles. The first-order valence-corrected chi connectivity index (χ1v) is 8.09. The van der Waals surface area contributed by atoms with Crippen molar-refractivity contribution >= 4 is 11.6 Å². The van der Waals surface area contributed by atoms with Crippen LogP contribution in [0.3, 0.4) is 0 Å². The summed E-state index contributed by atoms with van der Waals surface area (Å²) in [6, 6.07) is 28.2. The van der Waals surface area contributed by atoms with Gasteiger partial charge in [-0.25, -0.2) is 0 Å². The molecule has 0 aromatic heterocycles. The van der Waals surface area contributed by atoms with Crippen molar-refractivity contribution in [2.75, 3.05) is 5.32 Å². The van der Waals surface area contributed by atoms with Gasteiger partial charge in [0.2, 0.25) is 0 Å². The highest BCUT2D eigenvalue weighted by atomic mass is 16.2. The van der Waals surface area contributed by atoms with Crippen molar-refractivity contribution in [3.63, 3.8) is 0 Å². The number of carbonyl (C=O) groups excluding carboxylic acids is 1. The molecular weight excluding hydrogens is 296 g/mol. The SMILES string of the molecule is O=C1N[C@H](C(c2ccccc2)c2ccccc2)Nc2ccccc21. The molecule has 0 unspecified atom stereocenters. The third kappa shape index (κ3) is 2.65. The van der Waals surface area contributed by atoms with Crippen LogP contribution in [-0.4, -0.2) is 12.1 Å². The molecule has 1 aliphatic rings. The van der Waals surface area contributed by atoms with Gasteiger partial charge in [-0.2, -0.15) is 0 Å². The zero-order valence-corrected chi connectivity index (χ0v) is 13.1. The Morgan fingerprint density at radius 3 is 1.83 bits per heavy atom. The molecule has 1 amide bonds. The van der Waals surface area contributed by atoms with Crippen molar-refractivity contribution in [2.45, 2.75) is 12.1 Å². The van der Waals surface area contributed by atoms with Crippen LogP contribution in [-0.2, 0) is 0 Å². The Labute approximate surface area is 141 Å². The van der Waals surface area contributed by atoms with Gasteiger partial charge in [0.25, 0.3) is 5.91 Å². The van der Waals surface area contributed by atoms with Crippen LogP contribution in [0.1, 0.15) is 27.4 Å². The molecule has 0 aliphatic carbocycles. The van der Waals surface area contributed by atoms with E-state index in [0.29, 0.717) is 5.56 Å². The quantitative estimate of drug-likeness (QED) is 0.767. The van der Waals surface area contributed by atoms with Crippen molar-refractivity contribution < 1.29 is 4.79 Å². The molecular formula is C21H18N2O. The molecule has 3 nitrogen and oxygen atoms in total. The largest absolute Gasteiger partial charge is 0.364 e. The van der Waals surface area contributed by atoms with Gasteiger partial charge in [0.1, 0.15) is 6.17 Å². The Bertz CT molecular complexity index is 806. The van der Waals surface area contributed by atoms with Gasteiger partial charge in [-0.15, -0.1) is 0 Å². The number of nitrogens with one attached hydrogen (secondary N) is 2. The van der Waals surface area contributed by atoms with Crippen molar-refractivity contribution in [3.8, 4) is 0 Å². The van der Waals surface area contributed by atoms with Crippen LogP contribution in [0.5, 0.6) is 0 Å². The minimum Gasteiger partial charge on any atom is -0.364 e. The number of rotatable bonds is 3. The van der Waals surface area contributed by atoms with Crippen molar-refractivity contribution in [1.82, 2.24) is 5.32 Å². The van der Waals surface area contributed by atoms with Crippen LogP contribution >= 0.6 is 0 Å². The fraction of sp³-hybridized carbons (Fsp3) is 0.0952. The summed E-state index contributed by atoms with van der Waals surface area (Å²) in [5.41, 5.74) is 3.90. The molecule has 4 rings (SSSR count). The minimum absolute atomic E-state index is 0.0321. The number of benzene rings is 3. The van der Waals surface area contributed by atoms with E-state index in [1.54, 1.807) is 0 Å². The Morgan fingerprint density at radius 1 is 0.667 bits per heavy atom. The van der Waals surface area contributed by atoms with Crippen LogP contribution in [0.2, 0.25) is 0 Å². The highest BCUT2D eigenvalue weighted by Crippen LogP contribution is 2.32. The number of hydrogen-bond acceptors (Lipinski definition) is 2. The summed E-state index contributed by atoms with van der Waals surface area (Å²) in [6.07, 6.45) is -0.197. The number of carbonyl (C=O) groups is 1. The maximum Gasteiger partial charge on any atom is 0.254 e. The van der Waals surface area contributed by atoms with Crippen LogP contribution in [0.15, 0.2) is 84.9 Å². The monoisotopic (exact) mass is 314 g/mol. The fourth-order valence-electron chi connectivity index (χ4n) is 3.29. The zero-order valence-electron chi connectivity index (χ0n) is 13.1. The second kappa shape index (κ2) is 6.20. The number of para-hydroxylation sites is 1. The lowest BCUT2D eigenvalue weighted by atomic mass is 9.87. The van der Waals surface area contributed by atoms with E-state index in [-0.39, 0.29) is 18.0 Å². The number of fused-ring (bicyclic) bond motifs is 1. The average Bonchev–Trinajstić information content (AvgIpc) is 2.64. The molecule has 0 saturated heterocycles. The Kier molecular flexibility index (Phi) is 3.75. The maximum absolute atomic E-state index is 12.5. The summed E-state index contributed by atoms with van der Waals surface area (Å²) >= 11 is 0. The summed E-state index contributed by atoms with van der Waals surface area (Å²) in [5.74, 6) is -0.00378. The van der Waals surface area contributed by atoms with E-state index in [0.717, 1.165) is 5.69 Å². The second-order valence-corrected chi connectivity index (χ2v) is 5.94. The van der Waals surface area contributed by atoms with E-state index in [1.165, 1.54) is 11.1 Å². The molecule has 0 saturated carbocycles. The first-order valence-electron chi connectivity index (χ1n) is 8.09. The normalized spacial score (nSPS) is 16.2. The summed E-state index contributed by atoms with van der Waals surface area (Å²) in [6.45, 7) is 0. The smallest absolute Gasteiger partial charge is 0.254 e. The molecule has 1 aliphatic heterocycles. The van der Waals surface area contributed by atoms with Crippen molar-refractivity contribution in [2.24, 2.45) is 0 Å². The van der Waals surface area contributed by atoms with Gasteiger partial charge < -0.3 is 10.6 Å². The van der Waals surface area contributed by atoms with E-state index in [4.69, 9.17) is 0 Å². The van der Waals surface area contributed by atoms with Gasteiger partial charge in [-0.3, -0.25) is 4.79 Å². The topological polar surface area (TPSA) is 41.1 Å². The van der Waals surface area contributed by atoms with E-state index in [2.05, 4.69) is 34.9 Å². The highest BCUT2D eigenvalue weighted by Gasteiger charge is 2.31. The maximum atomic E-state index is 12.5. The van der Waals surface area contributed by atoms with E-state index >= 15 is 0 Å². The number of anilines is 1. The summed E-state index contributed by atoms with van der Waals surface area (Å²) in [7, 11) is 0. The summed E-state index contributed by atoms with van der Waals surface area (Å²) in [5, 5.41) is 6.61. The van der Waals surface area contributed by atoms with Crippen LogP contribution in [0.4, 0.5) is 5.69 Å². The second-order valence-electron chi connectivity index (χ2n) is 5.94. The fourth-order valence-corrected chi connectivity index (χ4v) is 3.29. The molecule has 3 heteroatoms. The van der Waals surface area contributed by atoms with Gasteiger partial charge in [-0.05, 0) is 23.3 Å². The lowest BCUT2D eigenvalue weighted by Crippen LogP contribution is -2.48. The molecule has 0 spiro atoms. The van der Waals surface area contributed by atoms with Crippen molar-refractivity contribution in [1.29, 1.82) is 0 Å². The molecule has 0 bridgehead atoms. The third-order valence-electron chi connectivity index (χ3n) is 4.42. The van der Waals surface area contributed by atoms with Gasteiger partial charge in [0.15, 0.2) is 0 Å². The number of amides is 1. The van der Waals surface area contributed by atoms with Crippen molar-refractivity contribution in [3.05, 3.63) is 102 Å². The lowest BCUT2D eigenvalue weighted by molar-refractivity contribution is 0.0932. The van der Waals surface area contributed by atoms with Gasteiger partial charge in [0.05, 0.1) is 5.56 Å². The van der Waals surface area contributed by atoms with E-state index in [1.807, 2.05) is 60.7 Å². The molecule has 24 heavy (non-hydrogen) atoms. The molecule has 1 atom stereocenters. The predicted octanol–water partition coefficient (Wildman–Crippen LogP) is 4.00. The molecule has 2 N–H and O–H groups in total. The highest BCUT2D eigenvalue weighted by molar-refractivity contribution is 6.01. The Morgan fingerprint density at radius 2 is 1.21 bits per heavy atom. The van der Waals surface area contributed by atoms with Gasteiger partial charge in [0, 0.05) is 11.6 Å². The predicted molar refractivity (Wildman–Crippen MR) is 96.0 cm³/mol. The van der Waals surface area contributed by atoms with Gasteiger partial charge in [-0.1, -0.05) is 72.8 Å². The van der Waals surface area contributed by atoms with Gasteiger partial charge >= 0.3 is 0 Å². The standard InChI is InChI=1S/C21H18N2O/c24-21-17-13-7-8-14-18(17)22-20(23-21)19(15-9-3-1-4-10-15)16-11-5-2-6-12-16/h1-14,19-20,22H,(H,23,24)/t20-/m1/s1. The van der Waals surface area contributed by atoms with E-state index in [9.17, 15) is 4.79 Å². The van der Waals surface area contributed by atoms with Crippen LogP contribution in [0, 0.1) is 0 Å². The van der Waals surface area contributed by atoms with Crippen LogP contribution in [0.25, 0.3) is 0 Å². The molecule has 0 fully saturated rings. The lowest BCUT2D eigenvalue weighted by Gasteiger charge is -2.34. The molecule has 3 aromatic rings. The molecule has 0 radical (unpaired) electrons. The average molecular weight is 314 g/mol. The van der Waals surface area contributed by atoms with E-state index < -0.39 is 0 Å². The Hall–Kier alpha value is -3.07. The molecule has 3 aromatic carbocycles. The summed E-state index contributed by atoms with van der Waals surface area (Å²) < 4.78 is 0. The summed E-state index contributed by atoms with van der Waals surface area (Å²) in [4.78, 5) is 12.5. The third-order valence-corrected chi connectivity index (χ3v) is 4.42. The molecule has 118 valence electrons. The van der Waals surface area contributed by atoms with Crippen LogP contribution < -0.4 is 10.6 Å². The minimum atomic E-state index is -0.197. The Balaban J connectivity index is 1.77.